The molecule has 0 atom stereocenters. The first-order valence-electron chi connectivity index (χ1n) is 8.41. The Morgan fingerprint density at radius 1 is 1.07 bits per heavy atom. The van der Waals surface area contributed by atoms with Crippen molar-refractivity contribution in [3.63, 3.8) is 0 Å². The normalized spacial score (nSPS) is 10.7. The second-order valence-corrected chi connectivity index (χ2v) is 7.01. The molecule has 1 N–H and O–H groups in total. The Hall–Kier alpha value is -3.25. The lowest BCUT2D eigenvalue weighted by atomic mass is 10.1. The minimum atomic E-state index is -0.291. The maximum absolute atomic E-state index is 13.9. The SMILES string of the molecule is O=C(NCc1ccccc1-n1ccnc1)c1ccc(-c2ccccc2F)s1. The molecular formula is C21H16FN3OS. The van der Waals surface area contributed by atoms with Gasteiger partial charge in [-0.1, -0.05) is 36.4 Å². The van der Waals surface area contributed by atoms with Crippen molar-refractivity contribution in [2.45, 2.75) is 6.54 Å². The molecule has 4 nitrogen and oxygen atoms in total. The molecule has 134 valence electrons. The van der Waals surface area contributed by atoms with Crippen molar-refractivity contribution < 1.29 is 9.18 Å². The number of carbonyl (C=O) groups excluding carboxylic acids is 1. The number of nitrogens with zero attached hydrogens (tertiary/aromatic N) is 2. The summed E-state index contributed by atoms with van der Waals surface area (Å²) in [7, 11) is 0. The maximum Gasteiger partial charge on any atom is 0.261 e. The monoisotopic (exact) mass is 377 g/mol. The van der Waals surface area contributed by atoms with E-state index in [0.717, 1.165) is 16.1 Å². The van der Waals surface area contributed by atoms with Crippen molar-refractivity contribution in [3.05, 3.63) is 95.6 Å². The summed E-state index contributed by atoms with van der Waals surface area (Å²) < 4.78 is 15.8. The van der Waals surface area contributed by atoms with Crippen LogP contribution < -0.4 is 5.32 Å². The number of imidazole rings is 1. The molecular weight excluding hydrogens is 361 g/mol. The predicted molar refractivity (Wildman–Crippen MR) is 104 cm³/mol. The Morgan fingerprint density at radius 3 is 2.70 bits per heavy atom. The Balaban J connectivity index is 1.49. The topological polar surface area (TPSA) is 46.9 Å². The first kappa shape index (κ1) is 17.2. The number of nitrogens with one attached hydrogen (secondary N) is 1. The summed E-state index contributed by atoms with van der Waals surface area (Å²) in [6, 6.07) is 17.9. The fraction of sp³-hybridized carbons (Fsp3) is 0.0476. The lowest BCUT2D eigenvalue weighted by Crippen LogP contribution is -2.22. The van der Waals surface area contributed by atoms with Gasteiger partial charge in [-0.25, -0.2) is 9.37 Å². The van der Waals surface area contributed by atoms with Crippen LogP contribution in [-0.2, 0) is 6.54 Å². The molecule has 0 fully saturated rings. The summed E-state index contributed by atoms with van der Waals surface area (Å²) in [5, 5.41) is 2.94. The first-order valence-corrected chi connectivity index (χ1v) is 9.23. The molecule has 0 bridgehead atoms. The zero-order valence-electron chi connectivity index (χ0n) is 14.3. The minimum Gasteiger partial charge on any atom is -0.347 e. The number of thiophene rings is 1. The van der Waals surface area contributed by atoms with Crippen molar-refractivity contribution in [1.29, 1.82) is 0 Å². The van der Waals surface area contributed by atoms with Crippen molar-refractivity contribution in [2.75, 3.05) is 0 Å². The molecule has 0 radical (unpaired) electrons. The summed E-state index contributed by atoms with van der Waals surface area (Å²) in [5.41, 5.74) is 2.45. The number of aromatic nitrogens is 2. The number of benzene rings is 2. The molecule has 0 aliphatic rings. The van der Waals surface area contributed by atoms with Crippen LogP contribution in [0.2, 0.25) is 0 Å². The van der Waals surface area contributed by atoms with Crippen molar-refractivity contribution in [1.82, 2.24) is 14.9 Å². The van der Waals surface area contributed by atoms with Crippen LogP contribution in [0.15, 0.2) is 79.4 Å². The highest BCUT2D eigenvalue weighted by molar-refractivity contribution is 7.17. The third-order valence-electron chi connectivity index (χ3n) is 4.18. The maximum atomic E-state index is 13.9. The molecule has 27 heavy (non-hydrogen) atoms. The molecule has 0 aliphatic heterocycles. The van der Waals surface area contributed by atoms with E-state index in [2.05, 4.69) is 10.3 Å². The highest BCUT2D eigenvalue weighted by Gasteiger charge is 2.13. The van der Waals surface area contributed by atoms with Gasteiger partial charge in [0, 0.05) is 29.4 Å². The fourth-order valence-corrected chi connectivity index (χ4v) is 3.79. The molecule has 4 aromatic rings. The molecule has 2 aromatic carbocycles. The molecule has 2 heterocycles. The molecule has 0 saturated heterocycles. The number of rotatable bonds is 5. The summed E-state index contributed by atoms with van der Waals surface area (Å²) in [6.45, 7) is 0.389. The third-order valence-corrected chi connectivity index (χ3v) is 5.30. The largest absolute Gasteiger partial charge is 0.347 e. The predicted octanol–water partition coefficient (Wildman–Crippen LogP) is 4.67. The van der Waals surface area contributed by atoms with Crippen molar-refractivity contribution in [3.8, 4) is 16.1 Å². The van der Waals surface area contributed by atoms with E-state index < -0.39 is 0 Å². The molecule has 0 unspecified atom stereocenters. The van der Waals surface area contributed by atoms with E-state index >= 15 is 0 Å². The number of carbonyl (C=O) groups is 1. The number of halogens is 1. The summed E-state index contributed by atoms with van der Waals surface area (Å²) >= 11 is 1.28. The molecule has 1 amide bonds. The van der Waals surface area contributed by atoms with E-state index in [9.17, 15) is 9.18 Å². The Morgan fingerprint density at radius 2 is 1.89 bits per heavy atom. The Bertz CT molecular complexity index is 1070. The average molecular weight is 377 g/mol. The second kappa shape index (κ2) is 7.55. The van der Waals surface area contributed by atoms with E-state index in [1.165, 1.54) is 17.4 Å². The van der Waals surface area contributed by atoms with E-state index in [0.29, 0.717) is 17.0 Å². The van der Waals surface area contributed by atoms with Crippen LogP contribution in [0.3, 0.4) is 0 Å². The highest BCUT2D eigenvalue weighted by atomic mass is 32.1. The van der Waals surface area contributed by atoms with Gasteiger partial charge in [-0.15, -0.1) is 11.3 Å². The smallest absolute Gasteiger partial charge is 0.261 e. The lowest BCUT2D eigenvalue weighted by Gasteiger charge is -2.10. The number of hydrogen-bond acceptors (Lipinski definition) is 3. The van der Waals surface area contributed by atoms with Gasteiger partial charge in [0.15, 0.2) is 0 Å². The molecule has 2 aromatic heterocycles. The van der Waals surface area contributed by atoms with E-state index in [1.807, 2.05) is 35.0 Å². The molecule has 4 rings (SSSR count). The van der Waals surface area contributed by atoms with Gasteiger partial charge in [0.05, 0.1) is 16.9 Å². The van der Waals surface area contributed by atoms with E-state index in [-0.39, 0.29) is 11.7 Å². The first-order chi connectivity index (χ1) is 13.2. The van der Waals surface area contributed by atoms with Gasteiger partial charge >= 0.3 is 0 Å². The Kier molecular flexibility index (Phi) is 4.80. The van der Waals surface area contributed by atoms with Gasteiger partial charge < -0.3 is 9.88 Å². The summed E-state index contributed by atoms with van der Waals surface area (Å²) in [6.07, 6.45) is 5.30. The van der Waals surface area contributed by atoms with Gasteiger partial charge in [-0.05, 0) is 29.8 Å². The third kappa shape index (κ3) is 3.66. The van der Waals surface area contributed by atoms with Crippen molar-refractivity contribution in [2.24, 2.45) is 0 Å². The molecule has 0 saturated carbocycles. The van der Waals surface area contributed by atoms with E-state index in [1.54, 1.807) is 42.9 Å². The van der Waals surface area contributed by atoms with Crippen LogP contribution in [-0.4, -0.2) is 15.5 Å². The molecule has 0 aliphatic carbocycles. The summed E-state index contributed by atoms with van der Waals surface area (Å²) in [5.74, 6) is -0.469. The minimum absolute atomic E-state index is 0.178. The zero-order chi connectivity index (χ0) is 18.6. The summed E-state index contributed by atoms with van der Waals surface area (Å²) in [4.78, 5) is 17.9. The number of para-hydroxylation sites is 1. The van der Waals surface area contributed by atoms with Gasteiger partial charge in [-0.3, -0.25) is 4.79 Å². The van der Waals surface area contributed by atoms with Crippen LogP contribution in [0.1, 0.15) is 15.2 Å². The highest BCUT2D eigenvalue weighted by Crippen LogP contribution is 2.30. The van der Waals surface area contributed by atoms with Gasteiger partial charge in [0.25, 0.3) is 5.91 Å². The van der Waals surface area contributed by atoms with Crippen LogP contribution in [0.5, 0.6) is 0 Å². The second-order valence-electron chi connectivity index (χ2n) is 5.93. The Labute approximate surface area is 159 Å². The van der Waals surface area contributed by atoms with Crippen LogP contribution in [0, 0.1) is 5.82 Å². The lowest BCUT2D eigenvalue weighted by molar-refractivity contribution is 0.0955. The van der Waals surface area contributed by atoms with Gasteiger partial charge in [-0.2, -0.15) is 0 Å². The standard InChI is InChI=1S/C21H16FN3OS/c22-17-7-3-2-6-16(17)19-9-10-20(27-19)21(26)24-13-15-5-1-4-8-18(15)25-12-11-23-14-25/h1-12,14H,13H2,(H,24,26). The number of amides is 1. The van der Waals surface area contributed by atoms with Crippen molar-refractivity contribution >= 4 is 17.2 Å². The fourth-order valence-electron chi connectivity index (χ4n) is 2.84. The van der Waals surface area contributed by atoms with Crippen LogP contribution in [0.25, 0.3) is 16.1 Å². The van der Waals surface area contributed by atoms with Gasteiger partial charge in [0.1, 0.15) is 5.82 Å². The zero-order valence-corrected chi connectivity index (χ0v) is 15.1. The van der Waals surface area contributed by atoms with Gasteiger partial charge in [0.2, 0.25) is 0 Å². The molecule has 0 spiro atoms. The van der Waals surface area contributed by atoms with Crippen LogP contribution in [0.4, 0.5) is 4.39 Å². The quantitative estimate of drug-likeness (QED) is 0.549. The number of hydrogen-bond donors (Lipinski definition) is 1. The average Bonchev–Trinajstić information content (AvgIpc) is 3.39. The van der Waals surface area contributed by atoms with Crippen LogP contribution >= 0.6 is 11.3 Å². The molecule has 6 heteroatoms. The van der Waals surface area contributed by atoms with E-state index in [4.69, 9.17) is 0 Å².